The highest BCUT2D eigenvalue weighted by atomic mass is 35.5. The Kier molecular flexibility index (Phi) is 20.5. The van der Waals surface area contributed by atoms with Crippen molar-refractivity contribution >= 4 is 111 Å². The molecule has 4 heterocycles. The molecule has 1 aromatic heterocycles. The van der Waals surface area contributed by atoms with Gasteiger partial charge in [0, 0.05) is 123 Å². The van der Waals surface area contributed by atoms with Crippen LogP contribution in [-0.2, 0) is 24.0 Å². The molecule has 3 aliphatic heterocycles. The Bertz CT molecular complexity index is 3300. The molecule has 0 aliphatic carbocycles. The maximum atomic E-state index is 14.5. The molecule has 1 saturated heterocycles. The van der Waals surface area contributed by atoms with E-state index < -0.39 is 59.6 Å². The van der Waals surface area contributed by atoms with Crippen molar-refractivity contribution in [3.05, 3.63) is 108 Å². The number of nitrogens with zero attached hydrogens (tertiary/aromatic N) is 4. The maximum Gasteiger partial charge on any atom is 0.415 e. The number of carbonyl (C=O) groups excluding carboxylic acids is 10. The summed E-state index contributed by atoms with van der Waals surface area (Å²) in [5, 5.41) is 16.1. The fourth-order valence-electron chi connectivity index (χ4n) is 10.0. The van der Waals surface area contributed by atoms with E-state index in [1.807, 2.05) is 31.3 Å². The van der Waals surface area contributed by atoms with E-state index in [0.29, 0.717) is 54.1 Å². The van der Waals surface area contributed by atoms with Crippen molar-refractivity contribution in [1.82, 2.24) is 41.0 Å². The molecule has 5 aromatic rings. The first-order chi connectivity index (χ1) is 40.0. The molecule has 435 valence electrons. The van der Waals surface area contributed by atoms with Gasteiger partial charge < -0.3 is 67.2 Å². The Hall–Kier alpha value is -8.81. The monoisotopic (exact) mass is 1160 g/mol. The van der Waals surface area contributed by atoms with E-state index in [1.165, 1.54) is 43.7 Å². The number of alkyl halides is 1. The third-order valence-corrected chi connectivity index (χ3v) is 14.8. The average Bonchev–Trinajstić information content (AvgIpc) is 3.12. The quantitative estimate of drug-likeness (QED) is 0.00973. The number of primary amides is 2. The number of likely N-dealkylation sites (N-methyl/N-ethyl adjacent to an activating group) is 1. The molecule has 0 unspecified atom stereocenters. The average molecular weight is 1160 g/mol. The zero-order chi connectivity index (χ0) is 59.2. The Labute approximate surface area is 483 Å². The standard InChI is InChI=1S/C57H65BClN12O12/c1-68-25-27-69(28-26-68)57(81)83-46-31-45-50(40-8-3-2-7-39(40)46)36(32-59)33-71(45)53(77)44-30-35-29-37(14-17-41(35)66-44)65-51(75)34-12-15-38(16-13-34)82-54(78)43(10-5-21-64-56(61)80)67-52(76)42(9-4-20-58-55(60)79)62-22-23-63-47(72)11-6-24-70-48(73)18-19-49(70)74/h2-3,7-8,12-19,29-31,36,42-43,62,66H,4-6,9-11,20-28,32-33H2,1H3,(H2,60,79)(H,63,72)(H,65,75)(H,67,76)(H3,61,64,80)/t36-,42+,43+/m1/s1. The van der Waals surface area contributed by atoms with Crippen LogP contribution in [0, 0.1) is 0 Å². The van der Waals surface area contributed by atoms with Crippen molar-refractivity contribution in [3.8, 4) is 11.5 Å². The number of nitrogens with one attached hydrogen (secondary N) is 6. The molecule has 0 bridgehead atoms. The minimum atomic E-state index is -1.23. The van der Waals surface area contributed by atoms with Gasteiger partial charge in [0.2, 0.25) is 19.1 Å². The number of aromatic nitrogens is 1. The van der Waals surface area contributed by atoms with Crippen molar-refractivity contribution in [1.29, 1.82) is 0 Å². The lowest BCUT2D eigenvalue weighted by molar-refractivity contribution is -0.140. The second-order valence-electron chi connectivity index (χ2n) is 20.3. The van der Waals surface area contributed by atoms with Gasteiger partial charge in [-0.25, -0.2) is 14.4 Å². The molecule has 0 saturated carbocycles. The first-order valence-electron chi connectivity index (χ1n) is 27.3. The minimum absolute atomic E-state index is 0.0184. The van der Waals surface area contributed by atoms with Crippen molar-refractivity contribution in [2.75, 3.05) is 82.0 Å². The van der Waals surface area contributed by atoms with Crippen LogP contribution in [0.3, 0.4) is 0 Å². The second kappa shape index (κ2) is 28.3. The van der Waals surface area contributed by atoms with E-state index in [0.717, 1.165) is 34.3 Å². The molecule has 1 radical (unpaired) electrons. The largest absolute Gasteiger partial charge is 0.425 e. The SMILES string of the molecule is CN1CCN(C(=O)Oc2cc3c(c4ccccc24)[C@H](CCl)CN3C(=O)c2cc3cc(NC(=O)c4ccc(OC(=O)[C@H](CCCNC(N)=O)NC(=O)[C@H](CCC[B]C(N)=O)NCCNC(=O)CCCN5C(=O)C=CC5=O)cc4)ccc3[nH]2)CC1. The number of carbonyl (C=O) groups is 10. The summed E-state index contributed by atoms with van der Waals surface area (Å²) < 4.78 is 11.7. The first kappa shape index (κ1) is 60.3. The van der Waals surface area contributed by atoms with E-state index in [2.05, 4.69) is 36.5 Å². The third-order valence-electron chi connectivity index (χ3n) is 14.4. The Morgan fingerprint density at radius 3 is 2.23 bits per heavy atom. The first-order valence-corrected chi connectivity index (χ1v) is 27.8. The van der Waals surface area contributed by atoms with Crippen molar-refractivity contribution < 1.29 is 57.4 Å². The van der Waals surface area contributed by atoms with Gasteiger partial charge in [-0.2, -0.15) is 0 Å². The molecular weight excluding hydrogens is 1090 g/mol. The number of benzene rings is 4. The number of halogens is 1. The van der Waals surface area contributed by atoms with E-state index in [9.17, 15) is 47.9 Å². The number of H-pyrrole nitrogens is 1. The smallest absolute Gasteiger partial charge is 0.415 e. The number of urea groups is 1. The Balaban J connectivity index is 0.883. The van der Waals surface area contributed by atoms with E-state index >= 15 is 0 Å². The predicted octanol–water partition coefficient (Wildman–Crippen LogP) is 3.90. The second-order valence-corrected chi connectivity index (χ2v) is 20.6. The lowest BCUT2D eigenvalue weighted by Gasteiger charge is -2.31. The van der Waals surface area contributed by atoms with E-state index in [1.54, 1.807) is 40.1 Å². The maximum absolute atomic E-state index is 14.5. The van der Waals surface area contributed by atoms with Crippen LogP contribution >= 0.6 is 11.6 Å². The van der Waals surface area contributed by atoms with Gasteiger partial charge in [0.15, 0.2) is 5.81 Å². The summed E-state index contributed by atoms with van der Waals surface area (Å²) in [4.78, 5) is 138. The van der Waals surface area contributed by atoms with Crippen LogP contribution in [0.2, 0.25) is 6.32 Å². The summed E-state index contributed by atoms with van der Waals surface area (Å²) in [7, 11) is 3.28. The molecule has 4 aromatic carbocycles. The van der Waals surface area contributed by atoms with E-state index in [-0.39, 0.29) is 105 Å². The topological polar surface area (TPSA) is 330 Å². The summed E-state index contributed by atoms with van der Waals surface area (Å²) in [5.41, 5.74) is 13.5. The fourth-order valence-corrected chi connectivity index (χ4v) is 10.3. The van der Waals surface area contributed by atoms with Crippen LogP contribution < -0.4 is 52.4 Å². The molecule has 10 N–H and O–H groups in total. The number of fused-ring (bicyclic) bond motifs is 4. The van der Waals surface area contributed by atoms with Gasteiger partial charge in [0.1, 0.15) is 23.2 Å². The highest BCUT2D eigenvalue weighted by Crippen LogP contribution is 2.46. The van der Waals surface area contributed by atoms with Crippen LogP contribution in [0.15, 0.2) is 91.0 Å². The van der Waals surface area contributed by atoms with Crippen LogP contribution in [0.5, 0.6) is 11.5 Å². The van der Waals surface area contributed by atoms with Crippen molar-refractivity contribution in [2.45, 2.75) is 62.8 Å². The molecule has 1 fully saturated rings. The van der Waals surface area contributed by atoms with Crippen LogP contribution in [0.1, 0.15) is 70.9 Å². The molecule has 0 spiro atoms. The number of piperazine rings is 1. The van der Waals surface area contributed by atoms with Gasteiger partial charge in [-0.1, -0.05) is 37.0 Å². The van der Waals surface area contributed by atoms with Crippen LogP contribution in [0.4, 0.5) is 25.8 Å². The number of rotatable bonds is 26. The molecule has 3 atom stereocenters. The summed E-state index contributed by atoms with van der Waals surface area (Å²) in [5.74, 6) is -3.64. The van der Waals surface area contributed by atoms with Gasteiger partial charge in [-0.05, 0) is 92.2 Å². The molecule has 3 aliphatic rings. The van der Waals surface area contributed by atoms with Gasteiger partial charge in [0.25, 0.3) is 23.6 Å². The molecular formula is C57H65BClN12O12. The van der Waals surface area contributed by atoms with E-state index in [4.69, 9.17) is 32.5 Å². The predicted molar refractivity (Wildman–Crippen MR) is 311 cm³/mol. The Morgan fingerprint density at radius 2 is 1.52 bits per heavy atom. The zero-order valence-electron chi connectivity index (χ0n) is 45.7. The number of hydrogen-bond acceptors (Lipinski definition) is 14. The molecule has 10 amide bonds. The molecule has 24 nitrogen and oxygen atoms in total. The van der Waals surface area contributed by atoms with Crippen LogP contribution in [0.25, 0.3) is 21.7 Å². The highest BCUT2D eigenvalue weighted by Gasteiger charge is 2.37. The summed E-state index contributed by atoms with van der Waals surface area (Å²) >= 11 is 6.56. The number of aromatic amines is 1. The number of hydrogen-bond donors (Lipinski definition) is 8. The molecule has 83 heavy (non-hydrogen) atoms. The van der Waals surface area contributed by atoms with Crippen LogP contribution in [-0.4, -0.2) is 170 Å². The normalized spacial score (nSPS) is 15.6. The third kappa shape index (κ3) is 15.8. The fraction of sp³-hybridized carbons (Fsp3) is 0.368. The van der Waals surface area contributed by atoms with Crippen molar-refractivity contribution in [2.24, 2.45) is 11.5 Å². The van der Waals surface area contributed by atoms with Gasteiger partial charge in [0.05, 0.1) is 11.7 Å². The Morgan fingerprint density at radius 1 is 0.795 bits per heavy atom. The molecule has 8 rings (SSSR count). The minimum Gasteiger partial charge on any atom is -0.425 e. The number of imide groups is 1. The number of anilines is 2. The lowest BCUT2D eigenvalue weighted by Crippen LogP contribution is -2.52. The number of ether oxygens (including phenoxy) is 2. The van der Waals surface area contributed by atoms with Crippen molar-refractivity contribution in [3.63, 3.8) is 0 Å². The lowest BCUT2D eigenvalue weighted by atomic mass is 9.72. The van der Waals surface area contributed by atoms with Gasteiger partial charge in [-0.3, -0.25) is 38.5 Å². The van der Waals surface area contributed by atoms with Gasteiger partial charge >= 0.3 is 18.1 Å². The summed E-state index contributed by atoms with van der Waals surface area (Å²) in [6, 6.07) is 19.0. The summed E-state index contributed by atoms with van der Waals surface area (Å²) in [6.45, 7) is 3.21. The summed E-state index contributed by atoms with van der Waals surface area (Å²) in [6.07, 6.45) is 3.22. The number of nitrogens with two attached hydrogens (primary N) is 2. The molecule has 26 heteroatoms. The highest BCUT2D eigenvalue weighted by molar-refractivity contribution is 6.73. The zero-order valence-corrected chi connectivity index (χ0v) is 46.5. The number of amides is 10. The number of esters is 1. The van der Waals surface area contributed by atoms with Gasteiger partial charge in [-0.15, -0.1) is 11.6 Å².